The highest BCUT2D eigenvalue weighted by Gasteiger charge is 2.14. The third kappa shape index (κ3) is 3.53. The number of benzene rings is 3. The molecular formula is C23H15BrFNO2. The number of hydrogen-bond acceptors (Lipinski definition) is 2. The molecule has 0 atom stereocenters. The lowest BCUT2D eigenvalue weighted by Gasteiger charge is -2.09. The summed E-state index contributed by atoms with van der Waals surface area (Å²) in [5.41, 5.74) is 4.62. The van der Waals surface area contributed by atoms with Crippen molar-refractivity contribution in [3.8, 4) is 22.4 Å². The third-order valence-corrected chi connectivity index (χ3v) is 5.14. The van der Waals surface area contributed by atoms with Gasteiger partial charge in [-0.3, -0.25) is 0 Å². The van der Waals surface area contributed by atoms with Crippen molar-refractivity contribution >= 4 is 32.8 Å². The van der Waals surface area contributed by atoms with Gasteiger partial charge in [-0.2, -0.15) is 0 Å². The van der Waals surface area contributed by atoms with E-state index in [1.165, 1.54) is 0 Å². The molecule has 5 heteroatoms. The fourth-order valence-electron chi connectivity index (χ4n) is 3.16. The second-order valence-electron chi connectivity index (χ2n) is 6.43. The van der Waals surface area contributed by atoms with Crippen LogP contribution in [0.25, 0.3) is 33.3 Å². The second-order valence-corrected chi connectivity index (χ2v) is 7.35. The van der Waals surface area contributed by atoms with Gasteiger partial charge < -0.3 is 5.11 Å². The molecule has 0 aliphatic rings. The Labute approximate surface area is 169 Å². The minimum absolute atomic E-state index is 0.118. The number of aromatic carboxylic acids is 1. The normalized spacial score (nSPS) is 10.9. The number of alkyl halides is 1. The lowest BCUT2D eigenvalue weighted by molar-refractivity contribution is 0.0699. The molecule has 1 N–H and O–H groups in total. The second kappa shape index (κ2) is 7.52. The number of hydrogen-bond donors (Lipinski definition) is 1. The average Bonchev–Trinajstić information content (AvgIpc) is 2.73. The van der Waals surface area contributed by atoms with Crippen LogP contribution in [0, 0.1) is 0 Å². The largest absolute Gasteiger partial charge is 0.478 e. The molecule has 0 radical (unpaired) electrons. The molecule has 3 nitrogen and oxygen atoms in total. The summed E-state index contributed by atoms with van der Waals surface area (Å²) in [5, 5.41) is 10.1. The van der Waals surface area contributed by atoms with E-state index < -0.39 is 12.6 Å². The first-order valence-corrected chi connectivity index (χ1v) is 9.44. The summed E-state index contributed by atoms with van der Waals surface area (Å²) < 4.78 is 14.0. The average molecular weight is 436 g/mol. The number of fused-ring (bicyclic) bond motifs is 1. The molecule has 0 bridgehead atoms. The van der Waals surface area contributed by atoms with Crippen LogP contribution in [0.5, 0.6) is 0 Å². The number of pyridine rings is 1. The molecule has 138 valence electrons. The van der Waals surface area contributed by atoms with Gasteiger partial charge in [0.25, 0.3) is 0 Å². The van der Waals surface area contributed by atoms with E-state index in [1.54, 1.807) is 24.3 Å². The van der Waals surface area contributed by atoms with Crippen LogP contribution in [-0.2, 0) is 6.67 Å². The number of carbonyl (C=O) groups is 1. The SMILES string of the molecule is O=C(O)c1cc(-c2ccc(-c3ccc(Br)cc3)cc2)nc2ccc(CF)cc12. The smallest absolute Gasteiger partial charge is 0.336 e. The van der Waals surface area contributed by atoms with Crippen LogP contribution in [-0.4, -0.2) is 16.1 Å². The Bertz CT molecular complexity index is 1170. The Kier molecular flexibility index (Phi) is 4.92. The number of carboxylic acids is 1. The van der Waals surface area contributed by atoms with Crippen LogP contribution in [0.2, 0.25) is 0 Å². The molecule has 0 spiro atoms. The molecule has 0 amide bonds. The summed E-state index contributed by atoms with van der Waals surface area (Å²) in [6.45, 7) is -0.645. The van der Waals surface area contributed by atoms with Gasteiger partial charge in [-0.25, -0.2) is 14.2 Å². The van der Waals surface area contributed by atoms with E-state index in [2.05, 4.69) is 20.9 Å². The van der Waals surface area contributed by atoms with Gasteiger partial charge in [0.05, 0.1) is 16.8 Å². The zero-order chi connectivity index (χ0) is 19.7. The van der Waals surface area contributed by atoms with Crippen LogP contribution in [0.1, 0.15) is 15.9 Å². The maximum atomic E-state index is 13.0. The number of rotatable bonds is 4. The predicted octanol–water partition coefficient (Wildman–Crippen LogP) is 6.50. The van der Waals surface area contributed by atoms with E-state index in [1.807, 2.05) is 48.5 Å². The minimum atomic E-state index is -1.06. The number of carboxylic acid groups (broad SMARTS) is 1. The predicted molar refractivity (Wildman–Crippen MR) is 112 cm³/mol. The van der Waals surface area contributed by atoms with Gasteiger partial charge in [0.1, 0.15) is 6.67 Å². The Morgan fingerprint density at radius 2 is 1.50 bits per heavy atom. The Balaban J connectivity index is 1.78. The first-order valence-electron chi connectivity index (χ1n) is 8.64. The summed E-state index contributed by atoms with van der Waals surface area (Å²) in [5.74, 6) is -1.06. The number of halogens is 2. The molecule has 1 aromatic heterocycles. The van der Waals surface area contributed by atoms with E-state index in [-0.39, 0.29) is 5.56 Å². The highest BCUT2D eigenvalue weighted by atomic mass is 79.9. The highest BCUT2D eigenvalue weighted by Crippen LogP contribution is 2.28. The van der Waals surface area contributed by atoms with E-state index in [4.69, 9.17) is 0 Å². The first-order chi connectivity index (χ1) is 13.5. The van der Waals surface area contributed by atoms with Gasteiger partial charge in [0.15, 0.2) is 0 Å². The number of nitrogens with zero attached hydrogens (tertiary/aromatic N) is 1. The van der Waals surface area contributed by atoms with Crippen LogP contribution in [0.3, 0.4) is 0 Å². The summed E-state index contributed by atoms with van der Waals surface area (Å²) in [6.07, 6.45) is 0. The van der Waals surface area contributed by atoms with E-state index in [0.29, 0.717) is 22.2 Å². The van der Waals surface area contributed by atoms with Crippen molar-refractivity contribution in [2.75, 3.05) is 0 Å². The van der Waals surface area contributed by atoms with E-state index in [0.717, 1.165) is 21.2 Å². The van der Waals surface area contributed by atoms with Crippen molar-refractivity contribution in [2.24, 2.45) is 0 Å². The van der Waals surface area contributed by atoms with Gasteiger partial charge in [0.2, 0.25) is 0 Å². The fraction of sp³-hybridized carbons (Fsp3) is 0.0435. The molecule has 0 fully saturated rings. The molecule has 0 aliphatic heterocycles. The molecule has 0 unspecified atom stereocenters. The van der Waals surface area contributed by atoms with Crippen LogP contribution < -0.4 is 0 Å². The van der Waals surface area contributed by atoms with Crippen LogP contribution in [0.15, 0.2) is 77.3 Å². The summed E-state index contributed by atoms with van der Waals surface area (Å²) in [7, 11) is 0. The number of aromatic nitrogens is 1. The molecule has 0 saturated heterocycles. The van der Waals surface area contributed by atoms with Crippen LogP contribution >= 0.6 is 15.9 Å². The van der Waals surface area contributed by atoms with Crippen LogP contribution in [0.4, 0.5) is 4.39 Å². The summed E-state index contributed by atoms with van der Waals surface area (Å²) in [6, 6.07) is 22.2. The molecule has 1 heterocycles. The Morgan fingerprint density at radius 3 is 2.11 bits per heavy atom. The van der Waals surface area contributed by atoms with Crippen molar-refractivity contribution < 1.29 is 14.3 Å². The first kappa shape index (κ1) is 18.3. The summed E-state index contributed by atoms with van der Waals surface area (Å²) >= 11 is 3.43. The van der Waals surface area contributed by atoms with Gasteiger partial charge in [-0.05, 0) is 47.0 Å². The van der Waals surface area contributed by atoms with Crippen molar-refractivity contribution in [3.63, 3.8) is 0 Å². The lowest BCUT2D eigenvalue weighted by atomic mass is 10.00. The van der Waals surface area contributed by atoms with Gasteiger partial charge in [0, 0.05) is 15.4 Å². The molecule has 0 saturated carbocycles. The van der Waals surface area contributed by atoms with Crippen molar-refractivity contribution in [1.82, 2.24) is 4.98 Å². The molecule has 0 aliphatic carbocycles. The topological polar surface area (TPSA) is 50.2 Å². The molecule has 4 aromatic rings. The third-order valence-electron chi connectivity index (χ3n) is 4.62. The summed E-state index contributed by atoms with van der Waals surface area (Å²) in [4.78, 5) is 16.3. The maximum absolute atomic E-state index is 13.0. The minimum Gasteiger partial charge on any atom is -0.478 e. The van der Waals surface area contributed by atoms with Gasteiger partial charge in [-0.15, -0.1) is 0 Å². The highest BCUT2D eigenvalue weighted by molar-refractivity contribution is 9.10. The molecule has 28 heavy (non-hydrogen) atoms. The Morgan fingerprint density at radius 1 is 0.893 bits per heavy atom. The quantitative estimate of drug-likeness (QED) is 0.397. The van der Waals surface area contributed by atoms with Crippen molar-refractivity contribution in [3.05, 3.63) is 88.4 Å². The zero-order valence-corrected chi connectivity index (χ0v) is 16.3. The molecule has 3 aromatic carbocycles. The monoisotopic (exact) mass is 435 g/mol. The fourth-order valence-corrected chi connectivity index (χ4v) is 3.42. The van der Waals surface area contributed by atoms with Gasteiger partial charge in [-0.1, -0.05) is 58.4 Å². The zero-order valence-electron chi connectivity index (χ0n) is 14.7. The lowest BCUT2D eigenvalue weighted by Crippen LogP contribution is -2.01. The van der Waals surface area contributed by atoms with E-state index in [9.17, 15) is 14.3 Å². The van der Waals surface area contributed by atoms with Crippen molar-refractivity contribution in [1.29, 1.82) is 0 Å². The van der Waals surface area contributed by atoms with Crippen molar-refractivity contribution in [2.45, 2.75) is 6.67 Å². The maximum Gasteiger partial charge on any atom is 0.336 e. The molecule has 4 rings (SSSR count). The van der Waals surface area contributed by atoms with Gasteiger partial charge >= 0.3 is 5.97 Å². The van der Waals surface area contributed by atoms with E-state index >= 15 is 0 Å². The Hall–Kier alpha value is -3.05. The molecular weight excluding hydrogens is 421 g/mol. The standard InChI is InChI=1S/C23H15BrFNO2/c24-18-8-6-16(7-9-18)15-2-4-17(5-3-15)22-12-20(23(27)28)19-11-14(13-25)1-10-21(19)26-22/h1-12H,13H2,(H,27,28).